The van der Waals surface area contributed by atoms with Gasteiger partial charge in [-0.3, -0.25) is 0 Å². The van der Waals surface area contributed by atoms with E-state index in [-0.39, 0.29) is 12.4 Å². The fourth-order valence-corrected chi connectivity index (χ4v) is 1.91. The molecule has 2 rings (SSSR count). The van der Waals surface area contributed by atoms with Gasteiger partial charge in [-0.05, 0) is 31.9 Å². The molecule has 78 valence electrons. The van der Waals surface area contributed by atoms with E-state index < -0.39 is 0 Å². The molecule has 1 aliphatic heterocycles. The van der Waals surface area contributed by atoms with Crippen LogP contribution in [0.4, 0.5) is 0 Å². The van der Waals surface area contributed by atoms with Crippen molar-refractivity contribution in [1.29, 1.82) is 0 Å². The van der Waals surface area contributed by atoms with Gasteiger partial charge in [0.1, 0.15) is 5.75 Å². The minimum atomic E-state index is 0. The third-order valence-corrected chi connectivity index (χ3v) is 2.70. The first-order valence-electron chi connectivity index (χ1n) is 4.81. The van der Waals surface area contributed by atoms with Crippen molar-refractivity contribution in [2.45, 2.75) is 25.8 Å². The molecule has 0 unspecified atom stereocenters. The van der Waals surface area contributed by atoms with Crippen molar-refractivity contribution in [2.75, 3.05) is 6.54 Å². The number of benzene rings is 1. The van der Waals surface area contributed by atoms with E-state index in [0.29, 0.717) is 11.8 Å². The molecule has 1 aromatic carbocycles. The number of para-hydroxylation sites is 1. The molecule has 1 fully saturated rings. The van der Waals surface area contributed by atoms with Crippen molar-refractivity contribution >= 4 is 12.4 Å². The van der Waals surface area contributed by atoms with Gasteiger partial charge in [0.25, 0.3) is 0 Å². The zero-order chi connectivity index (χ0) is 9.26. The lowest BCUT2D eigenvalue weighted by atomic mass is 10.0. The summed E-state index contributed by atoms with van der Waals surface area (Å²) in [5.41, 5.74) is 2.02. The number of hydrogen-bond acceptors (Lipinski definition) is 2. The van der Waals surface area contributed by atoms with E-state index in [0.717, 1.165) is 24.1 Å². The predicted octanol–water partition coefficient (Wildman–Crippen LogP) is 2.55. The third-order valence-electron chi connectivity index (χ3n) is 2.70. The molecule has 14 heavy (non-hydrogen) atoms. The molecule has 1 aromatic rings. The monoisotopic (exact) mass is 213 g/mol. The maximum Gasteiger partial charge on any atom is 0.123 e. The molecule has 2 nitrogen and oxygen atoms in total. The summed E-state index contributed by atoms with van der Waals surface area (Å²) in [6.07, 6.45) is 2.34. The number of phenolic OH excluding ortho intramolecular Hbond substituents is 1. The number of hydrogen-bond donors (Lipinski definition) is 2. The molecular weight excluding hydrogens is 198 g/mol. The van der Waals surface area contributed by atoms with Crippen LogP contribution in [0, 0.1) is 6.92 Å². The van der Waals surface area contributed by atoms with E-state index >= 15 is 0 Å². The SMILES string of the molecule is Cc1cccc([C@H]2CCCN2)c1O.Cl. The lowest BCUT2D eigenvalue weighted by Gasteiger charge is -2.13. The highest BCUT2D eigenvalue weighted by Gasteiger charge is 2.19. The summed E-state index contributed by atoms with van der Waals surface area (Å²) >= 11 is 0. The normalized spacial score (nSPS) is 20.5. The second-order valence-electron chi connectivity index (χ2n) is 3.66. The van der Waals surface area contributed by atoms with Gasteiger partial charge in [-0.25, -0.2) is 0 Å². The van der Waals surface area contributed by atoms with Crippen molar-refractivity contribution in [1.82, 2.24) is 5.32 Å². The van der Waals surface area contributed by atoms with Crippen LogP contribution in [-0.2, 0) is 0 Å². The minimum absolute atomic E-state index is 0. The van der Waals surface area contributed by atoms with Crippen molar-refractivity contribution in [2.24, 2.45) is 0 Å². The fourth-order valence-electron chi connectivity index (χ4n) is 1.91. The molecule has 1 heterocycles. The smallest absolute Gasteiger partial charge is 0.123 e. The van der Waals surface area contributed by atoms with Gasteiger partial charge in [0, 0.05) is 11.6 Å². The van der Waals surface area contributed by atoms with Crippen LogP contribution in [0.25, 0.3) is 0 Å². The van der Waals surface area contributed by atoms with Crippen molar-refractivity contribution in [3.8, 4) is 5.75 Å². The predicted molar refractivity (Wildman–Crippen MR) is 60.1 cm³/mol. The molecule has 1 aliphatic rings. The topological polar surface area (TPSA) is 32.3 Å². The van der Waals surface area contributed by atoms with Crippen LogP contribution < -0.4 is 5.32 Å². The lowest BCUT2D eigenvalue weighted by molar-refractivity contribution is 0.453. The first kappa shape index (κ1) is 11.3. The van der Waals surface area contributed by atoms with Crippen LogP contribution in [0.2, 0.25) is 0 Å². The van der Waals surface area contributed by atoms with E-state index in [9.17, 15) is 5.11 Å². The van der Waals surface area contributed by atoms with Crippen molar-refractivity contribution in [3.63, 3.8) is 0 Å². The number of aryl methyl sites for hydroxylation is 1. The summed E-state index contributed by atoms with van der Waals surface area (Å²) < 4.78 is 0. The quantitative estimate of drug-likeness (QED) is 0.752. The Morgan fingerprint density at radius 1 is 1.43 bits per heavy atom. The molecule has 0 aliphatic carbocycles. The van der Waals surface area contributed by atoms with Crippen LogP contribution >= 0.6 is 12.4 Å². The highest BCUT2D eigenvalue weighted by molar-refractivity contribution is 5.85. The van der Waals surface area contributed by atoms with Gasteiger partial charge in [-0.15, -0.1) is 12.4 Å². The van der Waals surface area contributed by atoms with E-state index in [1.807, 2.05) is 25.1 Å². The molecular formula is C11H16ClNO. The number of aromatic hydroxyl groups is 1. The third kappa shape index (κ3) is 2.02. The Labute approximate surface area is 90.7 Å². The Morgan fingerprint density at radius 2 is 2.21 bits per heavy atom. The molecule has 3 heteroatoms. The number of nitrogens with one attached hydrogen (secondary N) is 1. The summed E-state index contributed by atoms with van der Waals surface area (Å²) in [6.45, 7) is 3.01. The van der Waals surface area contributed by atoms with Crippen LogP contribution in [-0.4, -0.2) is 11.7 Å². The standard InChI is InChI=1S/C11H15NO.ClH/c1-8-4-2-5-9(11(8)13)10-6-3-7-12-10;/h2,4-5,10,12-13H,3,6-7H2,1H3;1H/t10-;/m1./s1. The molecule has 1 atom stereocenters. The van der Waals surface area contributed by atoms with Gasteiger partial charge in [0.15, 0.2) is 0 Å². The second kappa shape index (κ2) is 4.67. The van der Waals surface area contributed by atoms with E-state index in [4.69, 9.17) is 0 Å². The zero-order valence-electron chi connectivity index (χ0n) is 8.29. The Balaban J connectivity index is 0.000000980. The van der Waals surface area contributed by atoms with Gasteiger partial charge in [-0.2, -0.15) is 0 Å². The molecule has 1 saturated heterocycles. The fraction of sp³-hybridized carbons (Fsp3) is 0.455. The van der Waals surface area contributed by atoms with Gasteiger partial charge >= 0.3 is 0 Å². The molecule has 0 aromatic heterocycles. The van der Waals surface area contributed by atoms with Gasteiger partial charge < -0.3 is 10.4 Å². The van der Waals surface area contributed by atoms with E-state index in [1.165, 1.54) is 6.42 Å². The first-order valence-corrected chi connectivity index (χ1v) is 4.81. The number of halogens is 1. The molecule has 0 radical (unpaired) electrons. The highest BCUT2D eigenvalue weighted by Crippen LogP contribution is 2.31. The first-order chi connectivity index (χ1) is 6.29. The number of phenols is 1. The summed E-state index contributed by atoms with van der Waals surface area (Å²) in [5, 5.41) is 13.2. The average molecular weight is 214 g/mol. The largest absolute Gasteiger partial charge is 0.507 e. The summed E-state index contributed by atoms with van der Waals surface area (Å²) in [6, 6.07) is 6.31. The van der Waals surface area contributed by atoms with Crippen molar-refractivity contribution in [3.05, 3.63) is 29.3 Å². The molecule has 0 spiro atoms. The maximum atomic E-state index is 9.82. The summed E-state index contributed by atoms with van der Waals surface area (Å²) in [7, 11) is 0. The van der Waals surface area contributed by atoms with Gasteiger partial charge in [-0.1, -0.05) is 18.2 Å². The molecule has 0 saturated carbocycles. The molecule has 2 N–H and O–H groups in total. The zero-order valence-corrected chi connectivity index (χ0v) is 9.10. The van der Waals surface area contributed by atoms with E-state index in [1.54, 1.807) is 0 Å². The Morgan fingerprint density at radius 3 is 2.86 bits per heavy atom. The second-order valence-corrected chi connectivity index (χ2v) is 3.66. The minimum Gasteiger partial charge on any atom is -0.507 e. The Kier molecular flexibility index (Phi) is 3.78. The average Bonchev–Trinajstić information content (AvgIpc) is 2.62. The van der Waals surface area contributed by atoms with Crippen molar-refractivity contribution < 1.29 is 5.11 Å². The van der Waals surface area contributed by atoms with Gasteiger partial charge in [0.2, 0.25) is 0 Å². The molecule has 0 amide bonds. The summed E-state index contributed by atoms with van der Waals surface area (Å²) in [5.74, 6) is 0.460. The Bertz CT molecular complexity index is 308. The maximum absolute atomic E-state index is 9.82. The summed E-state index contributed by atoms with van der Waals surface area (Å²) in [4.78, 5) is 0. The Hall–Kier alpha value is -0.730. The number of rotatable bonds is 1. The lowest BCUT2D eigenvalue weighted by Crippen LogP contribution is -2.13. The van der Waals surface area contributed by atoms with Crippen LogP contribution in [0.5, 0.6) is 5.75 Å². The van der Waals surface area contributed by atoms with Crippen LogP contribution in [0.3, 0.4) is 0 Å². The van der Waals surface area contributed by atoms with E-state index in [2.05, 4.69) is 5.32 Å². The van der Waals surface area contributed by atoms with Crippen LogP contribution in [0.15, 0.2) is 18.2 Å². The highest BCUT2D eigenvalue weighted by atomic mass is 35.5. The van der Waals surface area contributed by atoms with Gasteiger partial charge in [0.05, 0.1) is 0 Å². The molecule has 0 bridgehead atoms. The van der Waals surface area contributed by atoms with Crippen LogP contribution in [0.1, 0.15) is 30.0 Å².